The van der Waals surface area contributed by atoms with E-state index in [1.165, 1.54) is 12.8 Å². The molecule has 1 saturated heterocycles. The van der Waals surface area contributed by atoms with Gasteiger partial charge in [-0.05, 0) is 37.6 Å². The van der Waals surface area contributed by atoms with Gasteiger partial charge in [-0.2, -0.15) is 0 Å². The number of nitrogens with zero attached hydrogens (tertiary/aromatic N) is 1. The van der Waals surface area contributed by atoms with E-state index in [0.29, 0.717) is 5.41 Å². The first-order valence-corrected chi connectivity index (χ1v) is 8.46. The summed E-state index contributed by atoms with van der Waals surface area (Å²) < 4.78 is 12.4. The van der Waals surface area contributed by atoms with Crippen molar-refractivity contribution in [2.75, 3.05) is 26.7 Å². The zero-order valence-corrected chi connectivity index (χ0v) is 14.4. The summed E-state index contributed by atoms with van der Waals surface area (Å²) in [6, 6.07) is 0. The molecular formula is C18H33NO2. The second-order valence-corrected chi connectivity index (χ2v) is 7.94. The molecule has 2 fully saturated rings. The molecule has 1 heterocycles. The van der Waals surface area contributed by atoms with Crippen molar-refractivity contribution in [1.82, 2.24) is 4.90 Å². The summed E-state index contributed by atoms with van der Waals surface area (Å²) >= 11 is 0. The molecule has 0 aromatic rings. The first-order chi connectivity index (χ1) is 9.85. The molecule has 1 unspecified atom stereocenters. The average Bonchev–Trinajstić information content (AvgIpc) is 2.79. The van der Waals surface area contributed by atoms with Crippen LogP contribution in [-0.2, 0) is 9.47 Å². The number of rotatable bonds is 5. The number of hydrogen-bond acceptors (Lipinski definition) is 3. The zero-order chi connectivity index (χ0) is 15.5. The van der Waals surface area contributed by atoms with Gasteiger partial charge in [-0.1, -0.05) is 26.8 Å². The molecule has 122 valence electrons. The largest absolute Gasteiger partial charge is 0.347 e. The van der Waals surface area contributed by atoms with E-state index in [9.17, 15) is 0 Å². The van der Waals surface area contributed by atoms with Crippen LogP contribution in [0.4, 0.5) is 0 Å². The minimum absolute atomic E-state index is 0.260. The van der Waals surface area contributed by atoms with Crippen molar-refractivity contribution in [3.63, 3.8) is 0 Å². The lowest BCUT2D eigenvalue weighted by Crippen LogP contribution is -2.39. The van der Waals surface area contributed by atoms with E-state index >= 15 is 0 Å². The molecule has 1 spiro atoms. The van der Waals surface area contributed by atoms with Crippen molar-refractivity contribution < 1.29 is 9.47 Å². The summed E-state index contributed by atoms with van der Waals surface area (Å²) in [7, 11) is 2.13. The molecule has 1 saturated carbocycles. The van der Waals surface area contributed by atoms with Gasteiger partial charge in [-0.25, -0.2) is 0 Å². The maximum atomic E-state index is 6.30. The molecule has 3 heteroatoms. The summed E-state index contributed by atoms with van der Waals surface area (Å²) in [6.45, 7) is 13.6. The van der Waals surface area contributed by atoms with Crippen molar-refractivity contribution >= 4 is 0 Å². The third-order valence-corrected chi connectivity index (χ3v) is 5.16. The molecule has 0 bridgehead atoms. The van der Waals surface area contributed by atoms with Gasteiger partial charge in [0, 0.05) is 25.9 Å². The lowest BCUT2D eigenvalue weighted by Gasteiger charge is -2.41. The van der Waals surface area contributed by atoms with Crippen molar-refractivity contribution in [1.29, 1.82) is 0 Å². The number of likely N-dealkylation sites (N-methyl/N-ethyl adjacent to an activating group) is 1. The summed E-state index contributed by atoms with van der Waals surface area (Å²) in [6.07, 6.45) is 7.85. The Hall–Kier alpha value is -0.380. The molecule has 1 atom stereocenters. The van der Waals surface area contributed by atoms with Gasteiger partial charge in [0.05, 0.1) is 12.7 Å². The normalized spacial score (nSPS) is 33.8. The van der Waals surface area contributed by atoms with Crippen LogP contribution in [0.25, 0.3) is 0 Å². The second kappa shape index (κ2) is 6.80. The third-order valence-electron chi connectivity index (χ3n) is 5.16. The molecule has 2 rings (SSSR count). The van der Waals surface area contributed by atoms with Crippen LogP contribution >= 0.6 is 0 Å². The van der Waals surface area contributed by atoms with Gasteiger partial charge in [0.2, 0.25) is 0 Å². The number of ether oxygens (including phenoxy) is 2. The van der Waals surface area contributed by atoms with Gasteiger partial charge >= 0.3 is 0 Å². The summed E-state index contributed by atoms with van der Waals surface area (Å²) in [4.78, 5) is 2.28. The van der Waals surface area contributed by atoms with Gasteiger partial charge in [-0.15, -0.1) is 6.58 Å². The predicted molar refractivity (Wildman–Crippen MR) is 87.3 cm³/mol. The molecule has 0 radical (unpaired) electrons. The van der Waals surface area contributed by atoms with Crippen LogP contribution in [0.3, 0.4) is 0 Å². The zero-order valence-electron chi connectivity index (χ0n) is 14.4. The van der Waals surface area contributed by atoms with Crippen LogP contribution < -0.4 is 0 Å². The highest BCUT2D eigenvalue weighted by atomic mass is 16.7. The Balaban J connectivity index is 1.76. The highest BCUT2D eigenvalue weighted by Crippen LogP contribution is 2.45. The van der Waals surface area contributed by atoms with Crippen LogP contribution in [0, 0.1) is 11.3 Å². The monoisotopic (exact) mass is 295 g/mol. The molecule has 1 aliphatic heterocycles. The van der Waals surface area contributed by atoms with E-state index < -0.39 is 0 Å². The minimum atomic E-state index is -0.260. The molecular weight excluding hydrogens is 262 g/mol. The maximum Gasteiger partial charge on any atom is 0.168 e. The summed E-state index contributed by atoms with van der Waals surface area (Å²) in [5.41, 5.74) is 0.410. The Labute approximate surface area is 130 Å². The lowest BCUT2D eigenvalue weighted by atomic mass is 9.71. The summed E-state index contributed by atoms with van der Waals surface area (Å²) in [5, 5.41) is 0. The van der Waals surface area contributed by atoms with E-state index in [1.54, 1.807) is 0 Å². The van der Waals surface area contributed by atoms with Crippen molar-refractivity contribution in [2.45, 2.75) is 64.8 Å². The molecule has 3 nitrogen and oxygen atoms in total. The Morgan fingerprint density at radius 1 is 1.29 bits per heavy atom. The fourth-order valence-electron chi connectivity index (χ4n) is 3.62. The van der Waals surface area contributed by atoms with E-state index in [1.807, 2.05) is 6.08 Å². The second-order valence-electron chi connectivity index (χ2n) is 7.94. The smallest absolute Gasteiger partial charge is 0.168 e. The molecule has 1 aliphatic carbocycles. The molecule has 0 aromatic carbocycles. The molecule has 0 N–H and O–H groups in total. The fourth-order valence-corrected chi connectivity index (χ4v) is 3.62. The number of hydrogen-bond donors (Lipinski definition) is 0. The van der Waals surface area contributed by atoms with Gasteiger partial charge in [0.1, 0.15) is 0 Å². The first kappa shape index (κ1) is 17.0. The quantitative estimate of drug-likeness (QED) is 0.719. The van der Waals surface area contributed by atoms with Crippen LogP contribution in [-0.4, -0.2) is 43.5 Å². The molecule has 0 amide bonds. The van der Waals surface area contributed by atoms with Gasteiger partial charge in [0.25, 0.3) is 0 Å². The van der Waals surface area contributed by atoms with Gasteiger partial charge in [-0.3, -0.25) is 0 Å². The Morgan fingerprint density at radius 3 is 2.52 bits per heavy atom. The standard InChI is InChI=1S/C18H33NO2/c1-6-12-19(5)13-9-16-14-20-18(21-16)10-7-15(8-11-18)17(2,3)4/h6,15-16H,1,7-14H2,2-5H3. The fraction of sp³-hybridized carbons (Fsp3) is 0.889. The molecule has 21 heavy (non-hydrogen) atoms. The van der Waals surface area contributed by atoms with E-state index in [2.05, 4.69) is 39.3 Å². The summed E-state index contributed by atoms with van der Waals surface area (Å²) in [5.74, 6) is 0.539. The Kier molecular flexibility index (Phi) is 5.50. The first-order valence-electron chi connectivity index (χ1n) is 8.46. The molecule has 2 aliphatic rings. The van der Waals surface area contributed by atoms with E-state index in [-0.39, 0.29) is 11.9 Å². The van der Waals surface area contributed by atoms with E-state index in [0.717, 1.165) is 44.9 Å². The average molecular weight is 295 g/mol. The minimum Gasteiger partial charge on any atom is -0.347 e. The Bertz CT molecular complexity index is 340. The molecule has 0 aromatic heterocycles. The van der Waals surface area contributed by atoms with Crippen molar-refractivity contribution in [3.05, 3.63) is 12.7 Å². The van der Waals surface area contributed by atoms with Crippen molar-refractivity contribution in [2.24, 2.45) is 11.3 Å². The predicted octanol–water partition coefficient (Wildman–Crippen LogP) is 3.84. The third kappa shape index (κ3) is 4.54. The van der Waals surface area contributed by atoms with Gasteiger partial charge in [0.15, 0.2) is 5.79 Å². The Morgan fingerprint density at radius 2 is 1.95 bits per heavy atom. The SMILES string of the molecule is C=CCN(C)CCC1COC2(CCC(C(C)(C)C)CC2)O1. The van der Waals surface area contributed by atoms with Crippen LogP contribution in [0.1, 0.15) is 52.9 Å². The van der Waals surface area contributed by atoms with Crippen LogP contribution in [0.2, 0.25) is 0 Å². The highest BCUT2D eigenvalue weighted by Gasteiger charge is 2.45. The highest BCUT2D eigenvalue weighted by molar-refractivity contribution is 4.89. The van der Waals surface area contributed by atoms with Gasteiger partial charge < -0.3 is 14.4 Å². The van der Waals surface area contributed by atoms with Crippen LogP contribution in [0.5, 0.6) is 0 Å². The van der Waals surface area contributed by atoms with E-state index in [4.69, 9.17) is 9.47 Å². The van der Waals surface area contributed by atoms with Crippen LogP contribution in [0.15, 0.2) is 12.7 Å². The topological polar surface area (TPSA) is 21.7 Å². The lowest BCUT2D eigenvalue weighted by molar-refractivity contribution is -0.197. The maximum absolute atomic E-state index is 6.30. The van der Waals surface area contributed by atoms with Crippen molar-refractivity contribution in [3.8, 4) is 0 Å².